The van der Waals surface area contributed by atoms with E-state index < -0.39 is 0 Å². The summed E-state index contributed by atoms with van der Waals surface area (Å²) in [6, 6.07) is 9.11. The number of ketones is 1. The van der Waals surface area contributed by atoms with Crippen molar-refractivity contribution in [3.63, 3.8) is 0 Å². The summed E-state index contributed by atoms with van der Waals surface area (Å²) in [6.07, 6.45) is 1.79. The SMILES string of the molecule is CCCOc1ccc(C(=O)c2cc(CC)nn2C)cc1. The highest BCUT2D eigenvalue weighted by molar-refractivity contribution is 6.08. The van der Waals surface area contributed by atoms with Crippen LogP contribution >= 0.6 is 0 Å². The van der Waals surface area contributed by atoms with Crippen LogP contribution in [0.15, 0.2) is 30.3 Å². The smallest absolute Gasteiger partial charge is 0.211 e. The number of carbonyl (C=O) groups is 1. The predicted molar refractivity (Wildman–Crippen MR) is 78.2 cm³/mol. The molecule has 0 aliphatic rings. The zero-order chi connectivity index (χ0) is 14.5. The van der Waals surface area contributed by atoms with Crippen molar-refractivity contribution in [3.8, 4) is 5.75 Å². The normalized spacial score (nSPS) is 10.6. The first-order chi connectivity index (χ1) is 9.65. The largest absolute Gasteiger partial charge is 0.494 e. The molecule has 0 unspecified atom stereocenters. The molecule has 0 radical (unpaired) electrons. The van der Waals surface area contributed by atoms with Crippen LogP contribution in [0.1, 0.15) is 42.0 Å². The molecule has 0 spiro atoms. The molecule has 0 bridgehead atoms. The average Bonchev–Trinajstić information content (AvgIpc) is 2.86. The standard InChI is InChI=1S/C16H20N2O2/c1-4-10-20-14-8-6-12(7-9-14)16(19)15-11-13(5-2)17-18(15)3/h6-9,11H,4-5,10H2,1-3H3. The van der Waals surface area contributed by atoms with E-state index in [1.165, 1.54) is 0 Å². The van der Waals surface area contributed by atoms with Gasteiger partial charge in [-0.1, -0.05) is 13.8 Å². The Morgan fingerprint density at radius 2 is 1.95 bits per heavy atom. The molecule has 4 heteroatoms. The number of nitrogens with zero attached hydrogens (tertiary/aromatic N) is 2. The summed E-state index contributed by atoms with van der Waals surface area (Å²) in [5.74, 6) is 0.782. The maximum absolute atomic E-state index is 12.4. The monoisotopic (exact) mass is 272 g/mol. The van der Waals surface area contributed by atoms with Crippen LogP contribution in [-0.4, -0.2) is 22.2 Å². The lowest BCUT2D eigenvalue weighted by atomic mass is 10.1. The highest BCUT2D eigenvalue weighted by atomic mass is 16.5. The average molecular weight is 272 g/mol. The fourth-order valence-corrected chi connectivity index (χ4v) is 1.98. The molecule has 0 N–H and O–H groups in total. The molecule has 0 saturated heterocycles. The fourth-order valence-electron chi connectivity index (χ4n) is 1.98. The van der Waals surface area contributed by atoms with Crippen molar-refractivity contribution in [1.82, 2.24) is 9.78 Å². The van der Waals surface area contributed by atoms with Gasteiger partial charge in [-0.25, -0.2) is 0 Å². The number of benzene rings is 1. The Labute approximate surface area is 119 Å². The van der Waals surface area contributed by atoms with Gasteiger partial charge in [-0.3, -0.25) is 9.48 Å². The van der Waals surface area contributed by atoms with Gasteiger partial charge < -0.3 is 4.74 Å². The lowest BCUT2D eigenvalue weighted by Gasteiger charge is -2.05. The van der Waals surface area contributed by atoms with E-state index in [1.807, 2.05) is 25.1 Å². The second-order valence-corrected chi connectivity index (χ2v) is 4.70. The van der Waals surface area contributed by atoms with E-state index in [-0.39, 0.29) is 5.78 Å². The Bertz CT molecular complexity index is 585. The lowest BCUT2D eigenvalue weighted by molar-refractivity contribution is 0.103. The van der Waals surface area contributed by atoms with Gasteiger partial charge in [-0.15, -0.1) is 0 Å². The Kier molecular flexibility index (Phi) is 4.56. The summed E-state index contributed by atoms with van der Waals surface area (Å²) in [6.45, 7) is 4.77. The van der Waals surface area contributed by atoms with Gasteiger partial charge in [0.2, 0.25) is 5.78 Å². The van der Waals surface area contributed by atoms with Crippen molar-refractivity contribution >= 4 is 5.78 Å². The van der Waals surface area contributed by atoms with Gasteiger partial charge in [0.25, 0.3) is 0 Å². The van der Waals surface area contributed by atoms with Crippen LogP contribution in [0.25, 0.3) is 0 Å². The molecule has 1 aromatic heterocycles. The predicted octanol–water partition coefficient (Wildman–Crippen LogP) is 3.00. The number of aryl methyl sites for hydroxylation is 2. The summed E-state index contributed by atoms with van der Waals surface area (Å²) < 4.78 is 7.15. The second-order valence-electron chi connectivity index (χ2n) is 4.70. The zero-order valence-corrected chi connectivity index (χ0v) is 12.2. The third kappa shape index (κ3) is 3.07. The first-order valence-corrected chi connectivity index (χ1v) is 6.96. The Morgan fingerprint density at radius 3 is 2.50 bits per heavy atom. The van der Waals surface area contributed by atoms with Gasteiger partial charge in [-0.05, 0) is 43.2 Å². The van der Waals surface area contributed by atoms with E-state index >= 15 is 0 Å². The Balaban J connectivity index is 2.18. The number of hydrogen-bond donors (Lipinski definition) is 0. The van der Waals surface area contributed by atoms with E-state index in [0.29, 0.717) is 17.9 Å². The summed E-state index contributed by atoms with van der Waals surface area (Å²) in [5, 5.41) is 4.30. The topological polar surface area (TPSA) is 44.1 Å². The molecule has 0 saturated carbocycles. The van der Waals surface area contributed by atoms with Crippen LogP contribution in [0.5, 0.6) is 5.75 Å². The minimum atomic E-state index is -0.0123. The van der Waals surface area contributed by atoms with Crippen LogP contribution in [-0.2, 0) is 13.5 Å². The molecule has 2 rings (SSSR count). The molecule has 2 aromatic rings. The number of hydrogen-bond acceptors (Lipinski definition) is 3. The summed E-state index contributed by atoms with van der Waals surface area (Å²) in [5.41, 5.74) is 2.20. The van der Waals surface area contributed by atoms with Gasteiger partial charge in [-0.2, -0.15) is 5.10 Å². The number of carbonyl (C=O) groups excluding carboxylic acids is 1. The summed E-state index contributed by atoms with van der Waals surface area (Å²) in [4.78, 5) is 12.4. The maximum Gasteiger partial charge on any atom is 0.211 e. The van der Waals surface area contributed by atoms with Crippen LogP contribution < -0.4 is 4.74 Å². The van der Waals surface area contributed by atoms with Crippen molar-refractivity contribution < 1.29 is 9.53 Å². The van der Waals surface area contributed by atoms with Crippen LogP contribution in [0, 0.1) is 0 Å². The molecular formula is C16H20N2O2. The number of aromatic nitrogens is 2. The first kappa shape index (κ1) is 14.3. The third-order valence-electron chi connectivity index (χ3n) is 3.11. The molecule has 20 heavy (non-hydrogen) atoms. The lowest BCUT2D eigenvalue weighted by Crippen LogP contribution is -2.08. The van der Waals surface area contributed by atoms with Gasteiger partial charge in [0.15, 0.2) is 0 Å². The van der Waals surface area contributed by atoms with Crippen molar-refractivity contribution in [2.75, 3.05) is 6.61 Å². The zero-order valence-electron chi connectivity index (χ0n) is 12.2. The molecule has 4 nitrogen and oxygen atoms in total. The molecule has 1 heterocycles. The quantitative estimate of drug-likeness (QED) is 0.759. The van der Waals surface area contributed by atoms with E-state index in [9.17, 15) is 4.79 Å². The molecule has 0 aliphatic heterocycles. The fraction of sp³-hybridized carbons (Fsp3) is 0.375. The van der Waals surface area contributed by atoms with Crippen LogP contribution in [0.4, 0.5) is 0 Å². The molecular weight excluding hydrogens is 252 g/mol. The van der Waals surface area contributed by atoms with Crippen molar-refractivity contribution in [2.45, 2.75) is 26.7 Å². The minimum Gasteiger partial charge on any atom is -0.494 e. The van der Waals surface area contributed by atoms with E-state index in [1.54, 1.807) is 23.9 Å². The van der Waals surface area contributed by atoms with Crippen LogP contribution in [0.3, 0.4) is 0 Å². The van der Waals surface area contributed by atoms with E-state index in [4.69, 9.17) is 4.74 Å². The third-order valence-corrected chi connectivity index (χ3v) is 3.11. The Morgan fingerprint density at radius 1 is 1.25 bits per heavy atom. The van der Waals surface area contributed by atoms with Crippen molar-refractivity contribution in [3.05, 3.63) is 47.3 Å². The number of rotatable bonds is 6. The summed E-state index contributed by atoms with van der Waals surface area (Å²) >= 11 is 0. The molecule has 0 atom stereocenters. The van der Waals surface area contributed by atoms with E-state index in [2.05, 4.69) is 12.0 Å². The molecule has 1 aromatic carbocycles. The molecule has 0 fully saturated rings. The first-order valence-electron chi connectivity index (χ1n) is 6.96. The highest BCUT2D eigenvalue weighted by Crippen LogP contribution is 2.16. The highest BCUT2D eigenvalue weighted by Gasteiger charge is 2.14. The van der Waals surface area contributed by atoms with Crippen LogP contribution in [0.2, 0.25) is 0 Å². The summed E-state index contributed by atoms with van der Waals surface area (Å²) in [7, 11) is 1.80. The Hall–Kier alpha value is -2.10. The van der Waals surface area contributed by atoms with E-state index in [0.717, 1.165) is 24.3 Å². The van der Waals surface area contributed by atoms with Gasteiger partial charge in [0.05, 0.1) is 12.3 Å². The molecule has 0 aliphatic carbocycles. The van der Waals surface area contributed by atoms with Gasteiger partial charge in [0, 0.05) is 12.6 Å². The molecule has 0 amide bonds. The van der Waals surface area contributed by atoms with Gasteiger partial charge >= 0.3 is 0 Å². The minimum absolute atomic E-state index is 0.0123. The molecule has 106 valence electrons. The maximum atomic E-state index is 12.4. The van der Waals surface area contributed by atoms with Crippen molar-refractivity contribution in [1.29, 1.82) is 0 Å². The van der Waals surface area contributed by atoms with Crippen molar-refractivity contribution in [2.24, 2.45) is 7.05 Å². The van der Waals surface area contributed by atoms with Gasteiger partial charge in [0.1, 0.15) is 11.4 Å². The number of ether oxygens (including phenoxy) is 1. The second kappa shape index (κ2) is 6.37.